The van der Waals surface area contributed by atoms with Crippen molar-refractivity contribution in [2.24, 2.45) is 5.92 Å². The fraction of sp³-hybridized carbons (Fsp3) is 0.400. The molecule has 1 heterocycles. The summed E-state index contributed by atoms with van der Waals surface area (Å²) in [6, 6.07) is 5.26. The first-order valence-corrected chi connectivity index (χ1v) is 5.28. The van der Waals surface area contributed by atoms with E-state index in [9.17, 15) is 5.11 Å². The van der Waals surface area contributed by atoms with Gasteiger partial charge in [-0.15, -0.1) is 0 Å². The fourth-order valence-corrected chi connectivity index (χ4v) is 1.81. The Kier molecular flexibility index (Phi) is 2.98. The molecule has 0 bridgehead atoms. The van der Waals surface area contributed by atoms with Gasteiger partial charge in [0.05, 0.1) is 16.1 Å². The molecule has 1 aromatic rings. The molecule has 0 spiro atoms. The van der Waals surface area contributed by atoms with Gasteiger partial charge in [0.25, 0.3) is 0 Å². The lowest BCUT2D eigenvalue weighted by molar-refractivity contribution is 0.0767. The summed E-state index contributed by atoms with van der Waals surface area (Å²) in [7, 11) is 0. The monoisotopic (exact) mass is 231 g/mol. The van der Waals surface area contributed by atoms with Crippen molar-refractivity contribution in [2.45, 2.75) is 6.10 Å². The Morgan fingerprint density at radius 1 is 1.29 bits per heavy atom. The Morgan fingerprint density at radius 3 is 2.50 bits per heavy atom. The molecule has 4 heteroatoms. The molecule has 1 aliphatic rings. The Morgan fingerprint density at radius 2 is 2.00 bits per heavy atom. The molecule has 1 aliphatic heterocycles. The van der Waals surface area contributed by atoms with Crippen LogP contribution in [-0.4, -0.2) is 18.2 Å². The summed E-state index contributed by atoms with van der Waals surface area (Å²) in [5.41, 5.74) is 0.839. The molecule has 2 N–H and O–H groups in total. The second-order valence-electron chi connectivity index (χ2n) is 3.54. The second kappa shape index (κ2) is 4.07. The van der Waals surface area contributed by atoms with E-state index >= 15 is 0 Å². The van der Waals surface area contributed by atoms with Gasteiger partial charge >= 0.3 is 0 Å². The van der Waals surface area contributed by atoms with Crippen LogP contribution in [0.1, 0.15) is 11.7 Å². The molecule has 2 rings (SSSR count). The quantitative estimate of drug-likeness (QED) is 0.819. The van der Waals surface area contributed by atoms with Gasteiger partial charge in [-0.3, -0.25) is 0 Å². The molecule has 76 valence electrons. The lowest BCUT2D eigenvalue weighted by atomic mass is 9.91. The summed E-state index contributed by atoms with van der Waals surface area (Å²) in [4.78, 5) is 0. The molecular weight excluding hydrogens is 221 g/mol. The van der Waals surface area contributed by atoms with Gasteiger partial charge in [-0.25, -0.2) is 0 Å². The fourth-order valence-electron chi connectivity index (χ4n) is 1.50. The average molecular weight is 232 g/mol. The van der Waals surface area contributed by atoms with E-state index in [1.54, 1.807) is 12.1 Å². The smallest absolute Gasteiger partial charge is 0.0843 e. The summed E-state index contributed by atoms with van der Waals surface area (Å²) in [6.45, 7) is 1.73. The lowest BCUT2D eigenvalue weighted by Gasteiger charge is -2.31. The second-order valence-corrected chi connectivity index (χ2v) is 4.35. The van der Waals surface area contributed by atoms with Crippen molar-refractivity contribution >= 4 is 23.2 Å². The van der Waals surface area contributed by atoms with Crippen molar-refractivity contribution in [3.8, 4) is 0 Å². The van der Waals surface area contributed by atoms with E-state index in [-0.39, 0.29) is 0 Å². The first-order valence-electron chi connectivity index (χ1n) is 4.52. The van der Waals surface area contributed by atoms with Gasteiger partial charge in [-0.1, -0.05) is 29.3 Å². The molecular formula is C10H11Cl2NO. The van der Waals surface area contributed by atoms with Gasteiger partial charge in [-0.2, -0.15) is 0 Å². The zero-order valence-electron chi connectivity index (χ0n) is 7.50. The Bertz CT molecular complexity index is 339. The molecule has 0 aliphatic carbocycles. The van der Waals surface area contributed by atoms with E-state index in [0.29, 0.717) is 16.0 Å². The topological polar surface area (TPSA) is 32.3 Å². The zero-order chi connectivity index (χ0) is 10.1. The first kappa shape index (κ1) is 10.2. The van der Waals surface area contributed by atoms with Crippen LogP contribution in [0.15, 0.2) is 18.2 Å². The zero-order valence-corrected chi connectivity index (χ0v) is 9.02. The maximum Gasteiger partial charge on any atom is 0.0843 e. The van der Waals surface area contributed by atoms with Gasteiger partial charge in [0.15, 0.2) is 0 Å². The minimum absolute atomic E-state index is 0.298. The highest BCUT2D eigenvalue weighted by Crippen LogP contribution is 2.30. The highest BCUT2D eigenvalue weighted by atomic mass is 35.5. The van der Waals surface area contributed by atoms with Crippen LogP contribution in [0.3, 0.4) is 0 Å². The van der Waals surface area contributed by atoms with Crippen molar-refractivity contribution < 1.29 is 5.11 Å². The standard InChI is InChI=1S/C10H11Cl2NO/c11-8-2-1-6(3-9(8)12)10(14)7-4-13-5-7/h1-3,7,10,13-14H,4-5H2. The summed E-state index contributed by atoms with van der Waals surface area (Å²) >= 11 is 11.7. The van der Waals surface area contributed by atoms with E-state index in [1.165, 1.54) is 0 Å². The number of halogens is 2. The van der Waals surface area contributed by atoms with Crippen LogP contribution in [0.5, 0.6) is 0 Å². The summed E-state index contributed by atoms with van der Waals surface area (Å²) in [5.74, 6) is 0.298. The third-order valence-electron chi connectivity index (χ3n) is 2.54. The van der Waals surface area contributed by atoms with Crippen molar-refractivity contribution in [1.82, 2.24) is 5.32 Å². The minimum Gasteiger partial charge on any atom is -0.388 e. The molecule has 14 heavy (non-hydrogen) atoms. The normalized spacial score (nSPS) is 19.1. The van der Waals surface area contributed by atoms with Crippen LogP contribution in [-0.2, 0) is 0 Å². The molecule has 1 saturated heterocycles. The number of aliphatic hydroxyl groups excluding tert-OH is 1. The Labute approximate surface area is 92.8 Å². The predicted octanol–water partition coefficient (Wildman–Crippen LogP) is 2.25. The maximum atomic E-state index is 9.91. The number of hydrogen-bond acceptors (Lipinski definition) is 2. The summed E-state index contributed by atoms with van der Waals surface area (Å²) in [5, 5.41) is 14.1. The third kappa shape index (κ3) is 1.89. The molecule has 1 aromatic carbocycles. The van der Waals surface area contributed by atoms with Crippen molar-refractivity contribution in [3.05, 3.63) is 33.8 Å². The molecule has 2 nitrogen and oxygen atoms in total. The van der Waals surface area contributed by atoms with Crippen LogP contribution in [0, 0.1) is 5.92 Å². The summed E-state index contributed by atoms with van der Waals surface area (Å²) < 4.78 is 0. The predicted molar refractivity (Wildman–Crippen MR) is 57.8 cm³/mol. The van der Waals surface area contributed by atoms with Gasteiger partial charge in [0.2, 0.25) is 0 Å². The number of nitrogens with one attached hydrogen (secondary N) is 1. The molecule has 1 atom stereocenters. The number of hydrogen-bond donors (Lipinski definition) is 2. The largest absolute Gasteiger partial charge is 0.388 e. The molecule has 1 unspecified atom stereocenters. The van der Waals surface area contributed by atoms with Crippen molar-refractivity contribution in [2.75, 3.05) is 13.1 Å². The molecule has 0 amide bonds. The SMILES string of the molecule is OC(c1ccc(Cl)c(Cl)c1)C1CNC1. The lowest BCUT2D eigenvalue weighted by Crippen LogP contribution is -2.45. The average Bonchev–Trinajstić information content (AvgIpc) is 2.06. The molecule has 0 saturated carbocycles. The van der Waals surface area contributed by atoms with Crippen LogP contribution in [0.25, 0.3) is 0 Å². The molecule has 0 radical (unpaired) electrons. The molecule has 0 aromatic heterocycles. The van der Waals surface area contributed by atoms with Crippen LogP contribution < -0.4 is 5.32 Å². The number of benzene rings is 1. The first-order chi connectivity index (χ1) is 6.68. The maximum absolute atomic E-state index is 9.91. The van der Waals surface area contributed by atoms with E-state index < -0.39 is 6.10 Å². The highest BCUT2D eigenvalue weighted by Gasteiger charge is 2.26. The molecule has 1 fully saturated rings. The Balaban J connectivity index is 2.18. The van der Waals surface area contributed by atoms with E-state index in [4.69, 9.17) is 23.2 Å². The minimum atomic E-state index is -0.439. The number of aliphatic hydroxyl groups is 1. The highest BCUT2D eigenvalue weighted by molar-refractivity contribution is 6.42. The van der Waals surface area contributed by atoms with Gasteiger partial charge in [-0.05, 0) is 17.7 Å². The van der Waals surface area contributed by atoms with Crippen LogP contribution in [0.2, 0.25) is 10.0 Å². The third-order valence-corrected chi connectivity index (χ3v) is 3.28. The van der Waals surface area contributed by atoms with Crippen LogP contribution >= 0.6 is 23.2 Å². The van der Waals surface area contributed by atoms with Gasteiger partial charge < -0.3 is 10.4 Å². The van der Waals surface area contributed by atoms with Crippen molar-refractivity contribution in [1.29, 1.82) is 0 Å². The summed E-state index contributed by atoms with van der Waals surface area (Å²) in [6.07, 6.45) is -0.439. The van der Waals surface area contributed by atoms with Gasteiger partial charge in [0.1, 0.15) is 0 Å². The van der Waals surface area contributed by atoms with E-state index in [1.807, 2.05) is 6.07 Å². The number of rotatable bonds is 2. The van der Waals surface area contributed by atoms with E-state index in [0.717, 1.165) is 18.7 Å². The van der Waals surface area contributed by atoms with Crippen LogP contribution in [0.4, 0.5) is 0 Å². The van der Waals surface area contributed by atoms with E-state index in [2.05, 4.69) is 5.32 Å². The van der Waals surface area contributed by atoms with Gasteiger partial charge in [0, 0.05) is 19.0 Å². The Hall–Kier alpha value is -0.280. The van der Waals surface area contributed by atoms with Crippen molar-refractivity contribution in [3.63, 3.8) is 0 Å².